The van der Waals surface area contributed by atoms with Gasteiger partial charge >= 0.3 is 0 Å². The normalized spacial score (nSPS) is 12.6. The average molecular weight is 277 g/mol. The first-order chi connectivity index (χ1) is 9.40. The van der Waals surface area contributed by atoms with Crippen molar-refractivity contribution >= 4 is 5.78 Å². The van der Waals surface area contributed by atoms with Gasteiger partial charge in [-0.3, -0.25) is 4.79 Å². The monoisotopic (exact) mass is 277 g/mol. The van der Waals surface area contributed by atoms with Gasteiger partial charge in [0.15, 0.2) is 5.78 Å². The maximum Gasteiger partial charge on any atom is 0.166 e. The van der Waals surface area contributed by atoms with Crippen LogP contribution in [-0.4, -0.2) is 19.4 Å². The zero-order chi connectivity index (χ0) is 15.3. The Kier molecular flexibility index (Phi) is 6.21. The van der Waals surface area contributed by atoms with E-state index in [9.17, 15) is 4.79 Å². The summed E-state index contributed by atoms with van der Waals surface area (Å²) in [7, 11) is 1.62. The molecule has 0 fully saturated rings. The second kappa shape index (κ2) is 7.44. The number of aryl methyl sites for hydroxylation is 1. The molecule has 0 saturated carbocycles. The van der Waals surface area contributed by atoms with Crippen LogP contribution in [0.2, 0.25) is 0 Å². The van der Waals surface area contributed by atoms with Gasteiger partial charge in [0.1, 0.15) is 5.75 Å². The minimum Gasteiger partial charge on any atom is -0.496 e. The molecule has 0 heterocycles. The smallest absolute Gasteiger partial charge is 0.166 e. The van der Waals surface area contributed by atoms with E-state index in [0.717, 1.165) is 17.5 Å². The Morgan fingerprint density at radius 3 is 2.45 bits per heavy atom. The lowest BCUT2D eigenvalue weighted by Crippen LogP contribution is -2.20. The molecule has 2 N–H and O–H groups in total. The number of ether oxygens (including phenoxy) is 1. The van der Waals surface area contributed by atoms with Crippen LogP contribution in [0.5, 0.6) is 5.75 Å². The van der Waals surface area contributed by atoms with Crippen molar-refractivity contribution in [2.75, 3.05) is 13.7 Å². The summed E-state index contributed by atoms with van der Waals surface area (Å²) in [6, 6.07) is 3.84. The molecule has 0 aromatic heterocycles. The number of benzene rings is 1. The first-order valence-electron chi connectivity index (χ1n) is 7.28. The van der Waals surface area contributed by atoms with E-state index in [1.807, 2.05) is 26.0 Å². The van der Waals surface area contributed by atoms with E-state index in [0.29, 0.717) is 30.2 Å². The van der Waals surface area contributed by atoms with Gasteiger partial charge in [-0.15, -0.1) is 0 Å². The quantitative estimate of drug-likeness (QED) is 0.776. The van der Waals surface area contributed by atoms with E-state index < -0.39 is 0 Å². The molecule has 0 aliphatic carbocycles. The number of rotatable bonds is 7. The lowest BCUT2D eigenvalue weighted by atomic mass is 9.89. The molecule has 1 aromatic carbocycles. The van der Waals surface area contributed by atoms with Gasteiger partial charge in [0.05, 0.1) is 12.7 Å². The maximum absolute atomic E-state index is 12.5. The summed E-state index contributed by atoms with van der Waals surface area (Å²) in [6.07, 6.45) is 1.48. The third kappa shape index (κ3) is 4.07. The molecule has 0 saturated heterocycles. The van der Waals surface area contributed by atoms with Crippen molar-refractivity contribution < 1.29 is 9.53 Å². The van der Waals surface area contributed by atoms with Crippen molar-refractivity contribution in [3.05, 3.63) is 28.8 Å². The van der Waals surface area contributed by atoms with Crippen molar-refractivity contribution in [2.24, 2.45) is 17.6 Å². The van der Waals surface area contributed by atoms with Crippen LogP contribution in [0.15, 0.2) is 12.1 Å². The summed E-state index contributed by atoms with van der Waals surface area (Å²) in [4.78, 5) is 12.5. The third-order valence-corrected chi connectivity index (χ3v) is 3.79. The summed E-state index contributed by atoms with van der Waals surface area (Å²) in [6.45, 7) is 8.87. The molecule has 0 radical (unpaired) electrons. The number of methoxy groups -OCH3 is 1. The number of ketones is 1. The first kappa shape index (κ1) is 16.7. The lowest BCUT2D eigenvalue weighted by molar-refractivity contribution is 0.0954. The average Bonchev–Trinajstić information content (AvgIpc) is 2.40. The van der Waals surface area contributed by atoms with E-state index in [1.54, 1.807) is 7.11 Å². The van der Waals surface area contributed by atoms with Gasteiger partial charge in [-0.1, -0.05) is 19.9 Å². The molecule has 1 rings (SSSR count). The Morgan fingerprint density at radius 2 is 1.95 bits per heavy atom. The van der Waals surface area contributed by atoms with Crippen LogP contribution in [0.25, 0.3) is 0 Å². The Labute approximate surface area is 122 Å². The van der Waals surface area contributed by atoms with Gasteiger partial charge < -0.3 is 10.5 Å². The molecule has 0 bridgehead atoms. The molecule has 112 valence electrons. The number of Topliss-reactive ketones (excluding diaryl/α,β-unsaturated/α-hetero) is 1. The van der Waals surface area contributed by atoms with E-state index in [1.165, 1.54) is 0 Å². The Bertz CT molecular complexity index is 466. The molecule has 3 nitrogen and oxygen atoms in total. The number of hydrogen-bond donors (Lipinski definition) is 1. The second-order valence-corrected chi connectivity index (χ2v) is 5.95. The van der Waals surface area contributed by atoms with Gasteiger partial charge in [-0.05, 0) is 55.8 Å². The molecule has 0 aliphatic rings. The van der Waals surface area contributed by atoms with Crippen LogP contribution in [0.3, 0.4) is 0 Å². The number of nitrogens with two attached hydrogens (primary N) is 1. The Morgan fingerprint density at radius 1 is 1.30 bits per heavy atom. The van der Waals surface area contributed by atoms with E-state index >= 15 is 0 Å². The lowest BCUT2D eigenvalue weighted by Gasteiger charge is -2.18. The van der Waals surface area contributed by atoms with Crippen LogP contribution < -0.4 is 10.5 Å². The zero-order valence-electron chi connectivity index (χ0n) is 13.3. The molecule has 1 aromatic rings. The minimum atomic E-state index is 0.126. The van der Waals surface area contributed by atoms with Crippen molar-refractivity contribution in [1.82, 2.24) is 0 Å². The SMILES string of the molecule is COc1c(C(=O)CC(CN)CC(C)C)ccc(C)c1C. The van der Waals surface area contributed by atoms with Crippen LogP contribution in [-0.2, 0) is 0 Å². The van der Waals surface area contributed by atoms with E-state index in [2.05, 4.69) is 13.8 Å². The van der Waals surface area contributed by atoms with Gasteiger partial charge in [0, 0.05) is 6.42 Å². The highest BCUT2D eigenvalue weighted by atomic mass is 16.5. The van der Waals surface area contributed by atoms with Crippen LogP contribution in [0, 0.1) is 25.7 Å². The molecule has 3 heteroatoms. The summed E-state index contributed by atoms with van der Waals surface area (Å²) in [5, 5.41) is 0. The van der Waals surface area contributed by atoms with Crippen molar-refractivity contribution in [3.63, 3.8) is 0 Å². The molecule has 0 spiro atoms. The van der Waals surface area contributed by atoms with E-state index in [4.69, 9.17) is 10.5 Å². The molecule has 1 atom stereocenters. The van der Waals surface area contributed by atoms with Crippen LogP contribution in [0.1, 0.15) is 48.2 Å². The summed E-state index contributed by atoms with van der Waals surface area (Å²) in [5.41, 5.74) is 8.64. The number of carbonyl (C=O) groups excluding carboxylic acids is 1. The number of hydrogen-bond acceptors (Lipinski definition) is 3. The van der Waals surface area contributed by atoms with Gasteiger partial charge in [-0.25, -0.2) is 0 Å². The van der Waals surface area contributed by atoms with Crippen LogP contribution >= 0.6 is 0 Å². The molecule has 0 amide bonds. The Balaban J connectivity index is 2.95. The highest BCUT2D eigenvalue weighted by Gasteiger charge is 2.19. The zero-order valence-corrected chi connectivity index (χ0v) is 13.3. The topological polar surface area (TPSA) is 52.3 Å². The maximum atomic E-state index is 12.5. The predicted octanol–water partition coefficient (Wildman–Crippen LogP) is 3.51. The molecule has 0 aliphatic heterocycles. The summed E-state index contributed by atoms with van der Waals surface area (Å²) < 4.78 is 5.42. The highest BCUT2D eigenvalue weighted by molar-refractivity contribution is 5.99. The van der Waals surface area contributed by atoms with Gasteiger partial charge in [0.2, 0.25) is 0 Å². The van der Waals surface area contributed by atoms with Crippen molar-refractivity contribution in [2.45, 2.75) is 40.5 Å². The minimum absolute atomic E-state index is 0.126. The van der Waals surface area contributed by atoms with Crippen LogP contribution in [0.4, 0.5) is 0 Å². The standard InChI is InChI=1S/C17H27NO2/c1-11(2)8-14(10-18)9-16(19)15-7-6-12(3)13(4)17(15)20-5/h6-7,11,14H,8-10,18H2,1-5H3. The van der Waals surface area contributed by atoms with Gasteiger partial charge in [0.25, 0.3) is 0 Å². The van der Waals surface area contributed by atoms with E-state index in [-0.39, 0.29) is 11.7 Å². The fourth-order valence-electron chi connectivity index (χ4n) is 2.57. The van der Waals surface area contributed by atoms with Crippen molar-refractivity contribution in [3.8, 4) is 5.75 Å². The highest BCUT2D eigenvalue weighted by Crippen LogP contribution is 2.28. The number of carbonyl (C=O) groups is 1. The molecular formula is C17H27NO2. The summed E-state index contributed by atoms with van der Waals surface area (Å²) in [5.74, 6) is 1.63. The summed E-state index contributed by atoms with van der Waals surface area (Å²) >= 11 is 0. The second-order valence-electron chi connectivity index (χ2n) is 5.95. The Hall–Kier alpha value is -1.35. The molecular weight excluding hydrogens is 250 g/mol. The van der Waals surface area contributed by atoms with Crippen molar-refractivity contribution in [1.29, 1.82) is 0 Å². The molecule has 20 heavy (non-hydrogen) atoms. The largest absolute Gasteiger partial charge is 0.496 e. The van der Waals surface area contributed by atoms with Gasteiger partial charge in [-0.2, -0.15) is 0 Å². The molecule has 1 unspecified atom stereocenters. The predicted molar refractivity (Wildman–Crippen MR) is 83.4 cm³/mol. The fourth-order valence-corrected chi connectivity index (χ4v) is 2.57. The third-order valence-electron chi connectivity index (χ3n) is 3.79. The fraction of sp³-hybridized carbons (Fsp3) is 0.588. The first-order valence-corrected chi connectivity index (χ1v) is 7.28.